The molecule has 0 aliphatic heterocycles. The summed E-state index contributed by atoms with van der Waals surface area (Å²) < 4.78 is 24.4. The van der Waals surface area contributed by atoms with Gasteiger partial charge in [-0.25, -0.2) is 23.1 Å². The first kappa shape index (κ1) is 12.5. The molecule has 3 rings (SSSR count). The smallest absolute Gasteiger partial charge is 0.277 e. The predicted octanol–water partition coefficient (Wildman–Crippen LogP) is -0.268. The van der Waals surface area contributed by atoms with Crippen molar-refractivity contribution in [3.63, 3.8) is 0 Å². The van der Waals surface area contributed by atoms with E-state index in [0.29, 0.717) is 0 Å². The van der Waals surface area contributed by atoms with E-state index in [1.54, 1.807) is 6.07 Å². The van der Waals surface area contributed by atoms with Crippen LogP contribution < -0.4 is 10.7 Å². The first-order chi connectivity index (χ1) is 9.47. The highest BCUT2D eigenvalue weighted by atomic mass is 32.2. The summed E-state index contributed by atoms with van der Waals surface area (Å²) in [5, 5.41) is 9.28. The maximum Gasteiger partial charge on any atom is 0.277 e. The molecule has 0 fully saturated rings. The van der Waals surface area contributed by atoms with Gasteiger partial charge >= 0.3 is 0 Å². The fourth-order valence-electron chi connectivity index (χ4n) is 1.87. The first-order valence-electron chi connectivity index (χ1n) is 5.52. The van der Waals surface area contributed by atoms with Crippen molar-refractivity contribution in [1.29, 1.82) is 0 Å². The number of rotatable bonds is 2. The van der Waals surface area contributed by atoms with Crippen LogP contribution in [0.4, 0.5) is 0 Å². The van der Waals surface area contributed by atoms with Crippen molar-refractivity contribution in [2.75, 3.05) is 0 Å². The summed E-state index contributed by atoms with van der Waals surface area (Å²) in [6, 6.07) is 6.03. The van der Waals surface area contributed by atoms with Gasteiger partial charge in [0.15, 0.2) is 5.82 Å². The third kappa shape index (κ3) is 1.98. The number of sulfonamides is 1. The number of hydrogen-bond donors (Lipinski definition) is 2. The number of primary sulfonamides is 1. The van der Waals surface area contributed by atoms with Crippen LogP contribution >= 0.6 is 0 Å². The third-order valence-corrected chi connectivity index (χ3v) is 3.71. The number of aromatic nitrogens is 4. The van der Waals surface area contributed by atoms with E-state index in [1.165, 1.54) is 35.2 Å². The second-order valence-electron chi connectivity index (χ2n) is 4.07. The number of nitrogens with zero attached hydrogens (tertiary/aromatic N) is 3. The molecule has 0 bridgehead atoms. The lowest BCUT2D eigenvalue weighted by atomic mass is 10.2. The van der Waals surface area contributed by atoms with Crippen molar-refractivity contribution < 1.29 is 8.42 Å². The Bertz CT molecular complexity index is 957. The van der Waals surface area contributed by atoms with E-state index in [2.05, 4.69) is 15.1 Å². The molecule has 0 saturated heterocycles. The molecule has 8 nitrogen and oxygen atoms in total. The highest BCUT2D eigenvalue weighted by Crippen LogP contribution is 2.22. The number of nitrogens with one attached hydrogen (secondary N) is 1. The summed E-state index contributed by atoms with van der Waals surface area (Å²) in [6.07, 6.45) is 2.72. The largest absolute Gasteiger partial charge is 0.303 e. The Morgan fingerprint density at radius 1 is 1.25 bits per heavy atom. The molecule has 0 radical (unpaired) electrons. The van der Waals surface area contributed by atoms with Gasteiger partial charge in [-0.05, 0) is 12.1 Å². The van der Waals surface area contributed by atoms with Gasteiger partial charge in [0.05, 0.1) is 11.1 Å². The summed E-state index contributed by atoms with van der Waals surface area (Å²) in [4.78, 5) is 18.1. The minimum atomic E-state index is -3.92. The first-order valence-corrected chi connectivity index (χ1v) is 7.06. The van der Waals surface area contributed by atoms with E-state index < -0.39 is 15.6 Å². The van der Waals surface area contributed by atoms with Gasteiger partial charge in [0.2, 0.25) is 10.0 Å². The molecule has 0 aliphatic rings. The van der Waals surface area contributed by atoms with Crippen molar-refractivity contribution in [1.82, 2.24) is 19.6 Å². The fraction of sp³-hybridized carbons (Fsp3) is 0. The van der Waals surface area contributed by atoms with E-state index in [1.807, 2.05) is 0 Å². The maximum atomic E-state index is 11.9. The molecule has 0 amide bonds. The van der Waals surface area contributed by atoms with Crippen LogP contribution in [0, 0.1) is 0 Å². The van der Waals surface area contributed by atoms with Crippen molar-refractivity contribution in [3.05, 3.63) is 47.1 Å². The predicted molar refractivity (Wildman–Crippen MR) is 70.4 cm³/mol. The molecule has 2 aromatic heterocycles. The Labute approximate surface area is 112 Å². The molecule has 3 N–H and O–H groups in total. The lowest BCUT2D eigenvalue weighted by Gasteiger charge is -2.06. The van der Waals surface area contributed by atoms with Gasteiger partial charge in [-0.3, -0.25) is 4.79 Å². The topological polar surface area (TPSA) is 123 Å². The van der Waals surface area contributed by atoms with Crippen LogP contribution in [0.5, 0.6) is 0 Å². The van der Waals surface area contributed by atoms with Gasteiger partial charge < -0.3 is 4.98 Å². The number of benzene rings is 1. The quantitative estimate of drug-likeness (QED) is 0.672. The minimum absolute atomic E-state index is 0.102. The zero-order chi connectivity index (χ0) is 14.3. The summed E-state index contributed by atoms with van der Waals surface area (Å²) in [5.41, 5.74) is 0.0706. The average Bonchev–Trinajstić information content (AvgIpc) is 2.86. The van der Waals surface area contributed by atoms with E-state index in [4.69, 9.17) is 5.14 Å². The second kappa shape index (κ2) is 4.25. The lowest BCUT2D eigenvalue weighted by Crippen LogP contribution is -2.17. The monoisotopic (exact) mass is 291 g/mol. The molecule has 2 heterocycles. The van der Waals surface area contributed by atoms with Crippen LogP contribution in [0.1, 0.15) is 0 Å². The van der Waals surface area contributed by atoms with Crippen LogP contribution in [0.2, 0.25) is 0 Å². The molecule has 102 valence electrons. The van der Waals surface area contributed by atoms with E-state index in [9.17, 15) is 13.2 Å². The summed E-state index contributed by atoms with van der Waals surface area (Å²) in [7, 11) is -3.92. The maximum absolute atomic E-state index is 11.9. The van der Waals surface area contributed by atoms with Crippen molar-refractivity contribution in [3.8, 4) is 11.4 Å². The number of imidazole rings is 1. The second-order valence-corrected chi connectivity index (χ2v) is 5.60. The van der Waals surface area contributed by atoms with Crippen LogP contribution in [0.3, 0.4) is 0 Å². The standard InChI is InChI=1S/C11H9N5O3S/c12-20(18,19)9-4-2-1-3-7(9)10-14-11(17)8-5-13-6-16(8)15-10/h1-6H,(H2,12,18,19)(H,14,15,17). The van der Waals surface area contributed by atoms with Crippen LogP contribution in [-0.2, 0) is 10.0 Å². The number of H-pyrrole nitrogens is 1. The van der Waals surface area contributed by atoms with Crippen molar-refractivity contribution in [2.24, 2.45) is 5.14 Å². The van der Waals surface area contributed by atoms with Gasteiger partial charge in [0.1, 0.15) is 11.8 Å². The van der Waals surface area contributed by atoms with Crippen molar-refractivity contribution >= 4 is 15.5 Å². The van der Waals surface area contributed by atoms with Gasteiger partial charge in [0, 0.05) is 5.56 Å². The molecule has 20 heavy (non-hydrogen) atoms. The summed E-state index contributed by atoms with van der Waals surface area (Å²) in [6.45, 7) is 0. The molecule has 0 atom stereocenters. The lowest BCUT2D eigenvalue weighted by molar-refractivity contribution is 0.598. The minimum Gasteiger partial charge on any atom is -0.303 e. The highest BCUT2D eigenvalue weighted by molar-refractivity contribution is 7.89. The molecular formula is C11H9N5O3S. The number of nitrogens with two attached hydrogens (primary N) is 1. The van der Waals surface area contributed by atoms with Gasteiger partial charge in [-0.2, -0.15) is 0 Å². The Morgan fingerprint density at radius 2 is 2.00 bits per heavy atom. The third-order valence-electron chi connectivity index (χ3n) is 2.74. The zero-order valence-corrected chi connectivity index (χ0v) is 10.8. The SMILES string of the molecule is NS(=O)(=O)c1ccccc1-c1nn2cncc2c(=O)[nH]1. The highest BCUT2D eigenvalue weighted by Gasteiger charge is 2.17. The average molecular weight is 291 g/mol. The molecule has 1 aromatic carbocycles. The Hall–Kier alpha value is -2.52. The Kier molecular flexibility index (Phi) is 2.66. The van der Waals surface area contributed by atoms with Crippen LogP contribution in [0.15, 0.2) is 46.5 Å². The Morgan fingerprint density at radius 3 is 2.75 bits per heavy atom. The van der Waals surface area contributed by atoms with Crippen LogP contribution in [-0.4, -0.2) is 28.0 Å². The molecule has 0 spiro atoms. The van der Waals surface area contributed by atoms with Crippen molar-refractivity contribution in [2.45, 2.75) is 4.90 Å². The molecular weight excluding hydrogens is 282 g/mol. The zero-order valence-electron chi connectivity index (χ0n) is 10.0. The fourth-order valence-corrected chi connectivity index (χ4v) is 2.61. The van der Waals surface area contributed by atoms with Gasteiger partial charge in [-0.1, -0.05) is 12.1 Å². The van der Waals surface area contributed by atoms with E-state index in [0.717, 1.165) is 0 Å². The van der Waals surface area contributed by atoms with Gasteiger partial charge in [-0.15, -0.1) is 5.10 Å². The normalized spacial score (nSPS) is 11.8. The summed E-state index contributed by atoms with van der Waals surface area (Å²) in [5.74, 6) is 0.102. The van der Waals surface area contributed by atoms with E-state index >= 15 is 0 Å². The van der Waals surface area contributed by atoms with Crippen LogP contribution in [0.25, 0.3) is 16.9 Å². The van der Waals surface area contributed by atoms with E-state index in [-0.39, 0.29) is 21.8 Å². The molecule has 0 saturated carbocycles. The number of hydrogen-bond acceptors (Lipinski definition) is 5. The number of aromatic amines is 1. The Balaban J connectivity index is 2.34. The molecule has 9 heteroatoms. The molecule has 0 aliphatic carbocycles. The molecule has 0 unspecified atom stereocenters. The van der Waals surface area contributed by atoms with Gasteiger partial charge in [0.25, 0.3) is 5.56 Å². The molecule has 3 aromatic rings. The number of fused-ring (bicyclic) bond motifs is 1. The summed E-state index contributed by atoms with van der Waals surface area (Å²) >= 11 is 0.